The van der Waals surface area contributed by atoms with Crippen LogP contribution in [0.3, 0.4) is 0 Å². The second-order valence-electron chi connectivity index (χ2n) is 11.9. The first-order chi connectivity index (χ1) is 17.3. The van der Waals surface area contributed by atoms with Crippen LogP contribution in [0.1, 0.15) is 68.5 Å². The zero-order chi connectivity index (χ0) is 25.1. The molecule has 1 aromatic carbocycles. The third-order valence-electron chi connectivity index (χ3n) is 9.68. The van der Waals surface area contributed by atoms with Crippen molar-refractivity contribution in [2.75, 3.05) is 25.4 Å². The quantitative estimate of drug-likeness (QED) is 0.559. The van der Waals surface area contributed by atoms with Gasteiger partial charge >= 0.3 is 11.9 Å². The predicted octanol–water partition coefficient (Wildman–Crippen LogP) is 2.84. The molecule has 9 heteroatoms. The van der Waals surface area contributed by atoms with Crippen molar-refractivity contribution in [2.24, 2.45) is 23.7 Å². The number of nitrogens with one attached hydrogen (secondary N) is 1. The molecule has 4 aliphatic carbocycles. The van der Waals surface area contributed by atoms with E-state index >= 15 is 0 Å². The molecule has 4 saturated carbocycles. The van der Waals surface area contributed by atoms with Crippen molar-refractivity contribution in [1.29, 1.82) is 0 Å². The molecule has 1 spiro atoms. The zero-order valence-corrected chi connectivity index (χ0v) is 21.4. The predicted molar refractivity (Wildman–Crippen MR) is 133 cm³/mol. The summed E-state index contributed by atoms with van der Waals surface area (Å²) >= 11 is 0. The highest BCUT2D eigenvalue weighted by Crippen LogP contribution is 2.55. The van der Waals surface area contributed by atoms with Crippen LogP contribution in [0, 0.1) is 23.7 Å². The molecule has 6 aliphatic rings. The lowest BCUT2D eigenvalue weighted by molar-refractivity contribution is -0.176. The van der Waals surface area contributed by atoms with Gasteiger partial charge in [-0.05, 0) is 92.8 Å². The maximum absolute atomic E-state index is 14.0. The lowest BCUT2D eigenvalue weighted by atomic mass is 9.55. The molecule has 1 saturated heterocycles. The van der Waals surface area contributed by atoms with Gasteiger partial charge in [0.15, 0.2) is 0 Å². The van der Waals surface area contributed by atoms with E-state index in [1.807, 2.05) is 24.3 Å². The van der Waals surface area contributed by atoms with Crippen LogP contribution in [0.25, 0.3) is 0 Å². The summed E-state index contributed by atoms with van der Waals surface area (Å²) in [6, 6.07) is 6.63. The second kappa shape index (κ2) is 9.10. The topological polar surface area (TPSA) is 113 Å². The Hall–Kier alpha value is -1.97. The SMILES string of the molecule is O=C(O)CCS(=O)(=O)N1CC2(CCNCC2)c2ccccc2C1C(=O)OC1C2CC3CC(C2)CC1C3. The number of carbonyl (C=O) groups excluding carboxylic acids is 1. The summed E-state index contributed by atoms with van der Waals surface area (Å²) in [5.74, 6) is 0.0355. The molecule has 1 atom stereocenters. The molecule has 0 aromatic heterocycles. The van der Waals surface area contributed by atoms with Gasteiger partial charge in [-0.1, -0.05) is 24.3 Å². The molecule has 5 fully saturated rings. The number of fused-ring (bicyclic) bond motifs is 2. The molecule has 2 aliphatic heterocycles. The van der Waals surface area contributed by atoms with Gasteiger partial charge in [0, 0.05) is 12.0 Å². The van der Waals surface area contributed by atoms with Crippen LogP contribution in [0.5, 0.6) is 0 Å². The van der Waals surface area contributed by atoms with E-state index in [4.69, 9.17) is 4.74 Å². The molecule has 8 nitrogen and oxygen atoms in total. The van der Waals surface area contributed by atoms with Crippen LogP contribution >= 0.6 is 0 Å². The van der Waals surface area contributed by atoms with Crippen molar-refractivity contribution in [3.63, 3.8) is 0 Å². The lowest BCUT2D eigenvalue weighted by Crippen LogP contribution is -2.57. The molecule has 2 N–H and O–H groups in total. The Kier molecular flexibility index (Phi) is 6.16. The summed E-state index contributed by atoms with van der Waals surface area (Å²) in [6.45, 7) is 1.70. The number of hydrogen-bond donors (Lipinski definition) is 2. The van der Waals surface area contributed by atoms with Crippen LogP contribution < -0.4 is 5.32 Å². The molecular weight excluding hydrogens is 480 g/mol. The molecule has 4 bridgehead atoms. The van der Waals surface area contributed by atoms with Gasteiger partial charge in [-0.2, -0.15) is 4.31 Å². The molecular formula is C27H36N2O6S. The number of benzene rings is 1. The highest BCUT2D eigenvalue weighted by Gasteiger charge is 2.54. The molecule has 1 unspecified atom stereocenters. The number of carbonyl (C=O) groups is 2. The monoisotopic (exact) mass is 516 g/mol. The molecule has 1 aromatic rings. The van der Waals surface area contributed by atoms with Gasteiger partial charge in [0.05, 0.1) is 12.2 Å². The van der Waals surface area contributed by atoms with Gasteiger partial charge in [0.2, 0.25) is 10.0 Å². The number of ether oxygens (including phenoxy) is 1. The molecule has 196 valence electrons. The first kappa shape index (κ1) is 24.4. The Balaban J connectivity index is 1.36. The third kappa shape index (κ3) is 4.17. The van der Waals surface area contributed by atoms with Crippen LogP contribution in [0.4, 0.5) is 0 Å². The van der Waals surface area contributed by atoms with E-state index in [-0.39, 0.29) is 12.6 Å². The normalized spacial score (nSPS) is 34.9. The van der Waals surface area contributed by atoms with E-state index in [2.05, 4.69) is 5.32 Å². The first-order valence-corrected chi connectivity index (χ1v) is 15.1. The first-order valence-electron chi connectivity index (χ1n) is 13.5. The average molecular weight is 517 g/mol. The van der Waals surface area contributed by atoms with E-state index < -0.39 is 45.6 Å². The third-order valence-corrected chi connectivity index (χ3v) is 11.5. The van der Waals surface area contributed by atoms with Gasteiger partial charge in [-0.25, -0.2) is 13.2 Å². The fourth-order valence-electron chi connectivity index (χ4n) is 8.28. The summed E-state index contributed by atoms with van der Waals surface area (Å²) in [7, 11) is -4.02. The van der Waals surface area contributed by atoms with Crippen molar-refractivity contribution >= 4 is 22.0 Å². The van der Waals surface area contributed by atoms with E-state index in [1.54, 1.807) is 0 Å². The smallest absolute Gasteiger partial charge is 0.329 e. The van der Waals surface area contributed by atoms with E-state index in [1.165, 1.54) is 10.7 Å². The molecule has 2 heterocycles. The number of nitrogens with zero attached hydrogens (tertiary/aromatic N) is 1. The van der Waals surface area contributed by atoms with Crippen molar-refractivity contribution in [1.82, 2.24) is 9.62 Å². The summed E-state index contributed by atoms with van der Waals surface area (Å²) in [5, 5.41) is 12.6. The molecule has 36 heavy (non-hydrogen) atoms. The second-order valence-corrected chi connectivity index (χ2v) is 13.9. The largest absolute Gasteiger partial charge is 0.481 e. The van der Waals surface area contributed by atoms with E-state index in [0.717, 1.165) is 69.0 Å². The fourth-order valence-corrected chi connectivity index (χ4v) is 9.92. The highest BCUT2D eigenvalue weighted by atomic mass is 32.2. The van der Waals surface area contributed by atoms with E-state index in [9.17, 15) is 23.1 Å². The van der Waals surface area contributed by atoms with E-state index in [0.29, 0.717) is 17.4 Å². The number of rotatable bonds is 6. The van der Waals surface area contributed by atoms with Crippen molar-refractivity contribution in [2.45, 2.75) is 68.9 Å². The van der Waals surface area contributed by atoms with Crippen LogP contribution in [-0.2, 0) is 29.8 Å². The highest BCUT2D eigenvalue weighted by molar-refractivity contribution is 7.89. The Morgan fingerprint density at radius 3 is 2.31 bits per heavy atom. The maximum Gasteiger partial charge on any atom is 0.329 e. The van der Waals surface area contributed by atoms with Gasteiger partial charge in [0.25, 0.3) is 0 Å². The van der Waals surface area contributed by atoms with Gasteiger partial charge in [-0.15, -0.1) is 0 Å². The standard InChI is InChI=1S/C27H36N2O6S/c30-23(31)5-10-36(33,34)29-16-27(6-8-28-9-7-27)22-4-2-1-3-21(22)24(29)26(32)35-25-19-12-17-11-18(14-19)15-20(25)13-17/h1-4,17-20,24-25,28H,5-16H2,(H,30,31). The summed E-state index contributed by atoms with van der Waals surface area (Å²) in [5.41, 5.74) is 1.32. The fraction of sp³-hybridized carbons (Fsp3) is 0.704. The Morgan fingerprint density at radius 2 is 1.67 bits per heavy atom. The number of esters is 1. The average Bonchev–Trinajstić information content (AvgIpc) is 2.85. The van der Waals surface area contributed by atoms with Crippen molar-refractivity contribution in [3.8, 4) is 0 Å². The summed E-state index contributed by atoms with van der Waals surface area (Å²) in [6.07, 6.45) is 6.58. The molecule has 0 amide bonds. The zero-order valence-electron chi connectivity index (χ0n) is 20.6. The van der Waals surface area contributed by atoms with Crippen molar-refractivity contribution in [3.05, 3.63) is 35.4 Å². The Morgan fingerprint density at radius 1 is 1.03 bits per heavy atom. The van der Waals surface area contributed by atoms with Crippen LogP contribution in [0.2, 0.25) is 0 Å². The summed E-state index contributed by atoms with van der Waals surface area (Å²) in [4.78, 5) is 25.2. The van der Waals surface area contributed by atoms with Crippen molar-refractivity contribution < 1.29 is 27.9 Å². The van der Waals surface area contributed by atoms with Crippen LogP contribution in [-0.4, -0.2) is 61.3 Å². The van der Waals surface area contributed by atoms with Gasteiger partial charge < -0.3 is 15.2 Å². The minimum Gasteiger partial charge on any atom is -0.481 e. The Labute approximate surface area is 212 Å². The van der Waals surface area contributed by atoms with Gasteiger partial charge in [-0.3, -0.25) is 4.79 Å². The minimum atomic E-state index is -4.02. The number of carboxylic acids is 1. The number of carboxylic acid groups (broad SMARTS) is 1. The molecule has 7 rings (SSSR count). The lowest BCUT2D eigenvalue weighted by Gasteiger charge is -2.54. The number of aliphatic carboxylic acids is 1. The Bertz CT molecular complexity index is 1120. The number of sulfonamides is 1. The number of hydrogen-bond acceptors (Lipinski definition) is 6. The minimum absolute atomic E-state index is 0.143. The molecule has 0 radical (unpaired) electrons. The maximum atomic E-state index is 14.0. The summed E-state index contributed by atoms with van der Waals surface area (Å²) < 4.78 is 34.8. The van der Waals surface area contributed by atoms with Crippen LogP contribution in [0.15, 0.2) is 24.3 Å². The van der Waals surface area contributed by atoms with Gasteiger partial charge in [0.1, 0.15) is 12.1 Å². The number of piperidine rings is 1.